The Balaban J connectivity index is 1.83. The lowest BCUT2D eigenvalue weighted by molar-refractivity contribution is 0.0434. The highest BCUT2D eigenvalue weighted by Crippen LogP contribution is 2.34. The van der Waals surface area contributed by atoms with Crippen LogP contribution in [-0.4, -0.2) is 35.6 Å². The van der Waals surface area contributed by atoms with E-state index in [-0.39, 0.29) is 0 Å². The number of piperidine rings is 1. The van der Waals surface area contributed by atoms with Crippen molar-refractivity contribution in [1.82, 2.24) is 10.2 Å². The van der Waals surface area contributed by atoms with Crippen molar-refractivity contribution in [2.45, 2.75) is 57.7 Å². The first kappa shape index (κ1) is 9.47. The molecule has 0 radical (unpaired) electrons. The van der Waals surface area contributed by atoms with Crippen LogP contribution in [0.1, 0.15) is 40.0 Å². The Hall–Kier alpha value is -0.0800. The van der Waals surface area contributed by atoms with Crippen LogP contribution in [0, 0.1) is 0 Å². The van der Waals surface area contributed by atoms with E-state index in [0.717, 1.165) is 12.1 Å². The molecule has 1 unspecified atom stereocenters. The second-order valence-electron chi connectivity index (χ2n) is 5.16. The summed E-state index contributed by atoms with van der Waals surface area (Å²) in [5.74, 6) is 0. The van der Waals surface area contributed by atoms with Crippen LogP contribution in [0.4, 0.5) is 0 Å². The Morgan fingerprint density at radius 3 is 2.23 bits per heavy atom. The highest BCUT2D eigenvalue weighted by atomic mass is 15.2. The Kier molecular flexibility index (Phi) is 2.37. The molecular formula is C11H22N2. The maximum atomic E-state index is 3.69. The third-order valence-corrected chi connectivity index (χ3v) is 3.73. The van der Waals surface area contributed by atoms with E-state index in [1.807, 2.05) is 0 Å². The van der Waals surface area contributed by atoms with Crippen LogP contribution in [0.15, 0.2) is 0 Å². The first-order valence-corrected chi connectivity index (χ1v) is 5.63. The predicted octanol–water partition coefficient (Wildman–Crippen LogP) is 1.61. The average molecular weight is 182 g/mol. The molecule has 2 fully saturated rings. The van der Waals surface area contributed by atoms with Crippen molar-refractivity contribution in [3.05, 3.63) is 0 Å². The lowest BCUT2D eigenvalue weighted by Crippen LogP contribution is -2.66. The van der Waals surface area contributed by atoms with Gasteiger partial charge in [-0.05, 0) is 40.0 Å². The van der Waals surface area contributed by atoms with Crippen molar-refractivity contribution in [3.8, 4) is 0 Å². The standard InChI is InChI=1S/C11H22N2/c1-9(2)13-6-4-11(5-7-13)8-10(3)12-11/h9-10,12H,4-8H2,1-3H3. The molecule has 13 heavy (non-hydrogen) atoms. The van der Waals surface area contributed by atoms with Crippen LogP contribution in [0.3, 0.4) is 0 Å². The zero-order chi connectivity index (χ0) is 9.47. The second kappa shape index (κ2) is 3.25. The number of hydrogen-bond donors (Lipinski definition) is 1. The van der Waals surface area contributed by atoms with Crippen molar-refractivity contribution in [2.75, 3.05) is 13.1 Å². The summed E-state index contributed by atoms with van der Waals surface area (Å²) >= 11 is 0. The molecule has 2 rings (SSSR count). The normalized spacial score (nSPS) is 33.7. The van der Waals surface area contributed by atoms with Gasteiger partial charge in [-0.25, -0.2) is 0 Å². The van der Waals surface area contributed by atoms with E-state index in [1.165, 1.54) is 32.4 Å². The van der Waals surface area contributed by atoms with Crippen LogP contribution >= 0.6 is 0 Å². The van der Waals surface area contributed by atoms with Crippen molar-refractivity contribution >= 4 is 0 Å². The minimum absolute atomic E-state index is 0.546. The monoisotopic (exact) mass is 182 g/mol. The van der Waals surface area contributed by atoms with E-state index in [1.54, 1.807) is 0 Å². The molecule has 1 N–H and O–H groups in total. The summed E-state index contributed by atoms with van der Waals surface area (Å²) in [6, 6.07) is 1.50. The highest BCUT2D eigenvalue weighted by Gasteiger charge is 2.43. The third kappa shape index (κ3) is 1.75. The van der Waals surface area contributed by atoms with Crippen LogP contribution in [0.25, 0.3) is 0 Å². The Bertz CT molecular complexity index is 173. The minimum atomic E-state index is 0.546. The molecule has 0 aromatic rings. The van der Waals surface area contributed by atoms with E-state index < -0.39 is 0 Å². The largest absolute Gasteiger partial charge is 0.309 e. The fraction of sp³-hybridized carbons (Fsp3) is 1.00. The lowest BCUT2D eigenvalue weighted by Gasteiger charge is -2.53. The zero-order valence-corrected chi connectivity index (χ0v) is 9.14. The molecule has 2 aliphatic heterocycles. The SMILES string of the molecule is CC1CC2(CCN(C(C)C)CC2)N1. The molecule has 2 heterocycles. The Morgan fingerprint density at radius 2 is 1.85 bits per heavy atom. The van der Waals surface area contributed by atoms with Gasteiger partial charge >= 0.3 is 0 Å². The first-order valence-electron chi connectivity index (χ1n) is 5.63. The van der Waals surface area contributed by atoms with Crippen molar-refractivity contribution in [1.29, 1.82) is 0 Å². The molecule has 0 aromatic heterocycles. The molecule has 2 nitrogen and oxygen atoms in total. The maximum Gasteiger partial charge on any atom is 0.0223 e. The Labute approximate surface area is 81.7 Å². The van der Waals surface area contributed by atoms with E-state index in [2.05, 4.69) is 31.0 Å². The molecule has 0 saturated carbocycles. The third-order valence-electron chi connectivity index (χ3n) is 3.73. The summed E-state index contributed by atoms with van der Waals surface area (Å²) in [4.78, 5) is 2.59. The average Bonchev–Trinajstić information content (AvgIpc) is 2.03. The smallest absolute Gasteiger partial charge is 0.0223 e. The number of rotatable bonds is 1. The number of hydrogen-bond acceptors (Lipinski definition) is 2. The van der Waals surface area contributed by atoms with Gasteiger partial charge in [0.25, 0.3) is 0 Å². The molecule has 2 saturated heterocycles. The maximum absolute atomic E-state index is 3.69. The fourth-order valence-electron chi connectivity index (χ4n) is 2.90. The van der Waals surface area contributed by atoms with Crippen LogP contribution in [0.5, 0.6) is 0 Å². The van der Waals surface area contributed by atoms with E-state index in [0.29, 0.717) is 5.54 Å². The van der Waals surface area contributed by atoms with E-state index in [9.17, 15) is 0 Å². The molecule has 2 heteroatoms. The van der Waals surface area contributed by atoms with Gasteiger partial charge in [-0.2, -0.15) is 0 Å². The van der Waals surface area contributed by atoms with E-state index in [4.69, 9.17) is 0 Å². The molecule has 0 amide bonds. The summed E-state index contributed by atoms with van der Waals surface area (Å²) in [5, 5.41) is 3.69. The summed E-state index contributed by atoms with van der Waals surface area (Å²) in [6.45, 7) is 9.47. The van der Waals surface area contributed by atoms with Gasteiger partial charge in [0.1, 0.15) is 0 Å². The summed E-state index contributed by atoms with van der Waals surface area (Å²) < 4.78 is 0. The van der Waals surface area contributed by atoms with Gasteiger partial charge in [0.15, 0.2) is 0 Å². The molecule has 76 valence electrons. The Morgan fingerprint density at radius 1 is 1.31 bits per heavy atom. The van der Waals surface area contributed by atoms with Crippen LogP contribution in [0.2, 0.25) is 0 Å². The molecule has 1 spiro atoms. The molecule has 2 aliphatic rings. The zero-order valence-electron chi connectivity index (χ0n) is 9.14. The van der Waals surface area contributed by atoms with Gasteiger partial charge in [-0.15, -0.1) is 0 Å². The number of likely N-dealkylation sites (tertiary alicyclic amines) is 1. The lowest BCUT2D eigenvalue weighted by atomic mass is 9.75. The van der Waals surface area contributed by atoms with E-state index >= 15 is 0 Å². The summed E-state index contributed by atoms with van der Waals surface area (Å²) in [6.07, 6.45) is 4.12. The minimum Gasteiger partial charge on any atom is -0.309 e. The van der Waals surface area contributed by atoms with Crippen molar-refractivity contribution in [2.24, 2.45) is 0 Å². The predicted molar refractivity (Wildman–Crippen MR) is 55.9 cm³/mol. The summed E-state index contributed by atoms with van der Waals surface area (Å²) in [5.41, 5.74) is 0.546. The molecule has 0 bridgehead atoms. The van der Waals surface area contributed by atoms with Gasteiger partial charge in [0.2, 0.25) is 0 Å². The van der Waals surface area contributed by atoms with Crippen LogP contribution in [-0.2, 0) is 0 Å². The molecule has 1 atom stereocenters. The quantitative estimate of drug-likeness (QED) is 0.663. The first-order chi connectivity index (χ1) is 6.11. The van der Waals surface area contributed by atoms with Crippen molar-refractivity contribution < 1.29 is 0 Å². The second-order valence-corrected chi connectivity index (χ2v) is 5.16. The van der Waals surface area contributed by atoms with Gasteiger partial charge in [-0.1, -0.05) is 0 Å². The topological polar surface area (TPSA) is 15.3 Å². The fourth-order valence-corrected chi connectivity index (χ4v) is 2.90. The highest BCUT2D eigenvalue weighted by molar-refractivity contribution is 5.04. The molecule has 0 aliphatic carbocycles. The number of nitrogens with zero attached hydrogens (tertiary/aromatic N) is 1. The van der Waals surface area contributed by atoms with Crippen molar-refractivity contribution in [3.63, 3.8) is 0 Å². The number of nitrogens with one attached hydrogen (secondary N) is 1. The van der Waals surface area contributed by atoms with Gasteiger partial charge in [0.05, 0.1) is 0 Å². The van der Waals surface area contributed by atoms with Crippen LogP contribution < -0.4 is 5.32 Å². The molecule has 0 aromatic carbocycles. The van der Waals surface area contributed by atoms with Gasteiger partial charge < -0.3 is 10.2 Å². The van der Waals surface area contributed by atoms with Gasteiger partial charge in [-0.3, -0.25) is 0 Å². The summed E-state index contributed by atoms with van der Waals surface area (Å²) in [7, 11) is 0. The van der Waals surface area contributed by atoms with Gasteiger partial charge in [0, 0.05) is 30.7 Å². The molecular weight excluding hydrogens is 160 g/mol.